The molecule has 3 heterocycles. The van der Waals surface area contributed by atoms with Crippen LogP contribution in [0.15, 0.2) is 46.0 Å². The molecule has 0 saturated carbocycles. The van der Waals surface area contributed by atoms with E-state index in [4.69, 9.17) is 4.74 Å². The Hall–Kier alpha value is -1.90. The van der Waals surface area contributed by atoms with Crippen molar-refractivity contribution in [1.82, 2.24) is 9.62 Å². The molecule has 1 amide bonds. The van der Waals surface area contributed by atoms with Crippen molar-refractivity contribution in [2.24, 2.45) is 5.92 Å². The summed E-state index contributed by atoms with van der Waals surface area (Å²) in [4.78, 5) is 13.3. The van der Waals surface area contributed by atoms with Crippen molar-refractivity contribution in [2.45, 2.75) is 61.8 Å². The number of amides is 1. The first-order valence-electron chi connectivity index (χ1n) is 11.0. The summed E-state index contributed by atoms with van der Waals surface area (Å²) in [7, 11) is -3.54. The van der Waals surface area contributed by atoms with Crippen LogP contribution >= 0.6 is 11.3 Å². The molecule has 31 heavy (non-hydrogen) atoms. The fourth-order valence-electron chi connectivity index (χ4n) is 4.63. The highest BCUT2D eigenvalue weighted by Crippen LogP contribution is 2.42. The number of nitrogens with zero attached hydrogens (tertiary/aromatic N) is 1. The number of benzene rings is 1. The quantitative estimate of drug-likeness (QED) is 0.693. The molecule has 2 aliphatic rings. The SMILES string of the molecule is CCC1(CC)C[C@H](NC(=O)[C@@H]2CCCN(S(=O)(=O)c3cccs3)C2)c2ccccc2O1. The Morgan fingerprint density at radius 2 is 2.00 bits per heavy atom. The summed E-state index contributed by atoms with van der Waals surface area (Å²) in [5, 5.41) is 5.00. The minimum atomic E-state index is -3.54. The fourth-order valence-corrected chi connectivity index (χ4v) is 7.30. The van der Waals surface area contributed by atoms with Crippen molar-refractivity contribution in [3.63, 3.8) is 0 Å². The van der Waals surface area contributed by atoms with Gasteiger partial charge in [0.05, 0.1) is 12.0 Å². The lowest BCUT2D eigenvalue weighted by atomic mass is 9.83. The number of sulfonamides is 1. The number of thiophene rings is 1. The Kier molecular flexibility index (Phi) is 6.42. The average molecular weight is 463 g/mol. The molecule has 1 fully saturated rings. The summed E-state index contributed by atoms with van der Waals surface area (Å²) >= 11 is 1.21. The molecule has 2 aromatic rings. The minimum Gasteiger partial charge on any atom is -0.487 e. The molecule has 0 bridgehead atoms. The fraction of sp³-hybridized carbons (Fsp3) is 0.522. The van der Waals surface area contributed by atoms with E-state index in [-0.39, 0.29) is 30.0 Å². The van der Waals surface area contributed by atoms with Gasteiger partial charge in [-0.3, -0.25) is 4.79 Å². The van der Waals surface area contributed by atoms with Crippen molar-refractivity contribution >= 4 is 27.3 Å². The van der Waals surface area contributed by atoms with E-state index in [0.717, 1.165) is 24.2 Å². The normalized spacial score (nSPS) is 23.5. The molecule has 8 heteroatoms. The van der Waals surface area contributed by atoms with E-state index < -0.39 is 10.0 Å². The van der Waals surface area contributed by atoms with Gasteiger partial charge in [0.15, 0.2) is 0 Å². The van der Waals surface area contributed by atoms with Crippen LogP contribution in [0.5, 0.6) is 5.75 Å². The number of rotatable bonds is 6. The first-order valence-corrected chi connectivity index (χ1v) is 13.3. The molecule has 1 aromatic carbocycles. The molecule has 0 radical (unpaired) electrons. The number of ether oxygens (including phenoxy) is 1. The molecule has 0 spiro atoms. The Labute approximate surface area is 188 Å². The zero-order valence-corrected chi connectivity index (χ0v) is 19.7. The predicted molar refractivity (Wildman–Crippen MR) is 122 cm³/mol. The smallest absolute Gasteiger partial charge is 0.252 e. The van der Waals surface area contributed by atoms with Crippen molar-refractivity contribution in [3.05, 3.63) is 47.3 Å². The lowest BCUT2D eigenvalue weighted by Gasteiger charge is -2.42. The van der Waals surface area contributed by atoms with E-state index in [2.05, 4.69) is 19.2 Å². The monoisotopic (exact) mass is 462 g/mol. The van der Waals surface area contributed by atoms with Gasteiger partial charge < -0.3 is 10.1 Å². The van der Waals surface area contributed by atoms with Gasteiger partial charge in [0.1, 0.15) is 15.6 Å². The van der Waals surface area contributed by atoms with Gasteiger partial charge in [-0.1, -0.05) is 38.1 Å². The van der Waals surface area contributed by atoms with Gasteiger partial charge in [0.25, 0.3) is 10.0 Å². The maximum Gasteiger partial charge on any atom is 0.252 e. The molecule has 1 saturated heterocycles. The van der Waals surface area contributed by atoms with E-state index in [1.807, 2.05) is 24.3 Å². The van der Waals surface area contributed by atoms with Crippen molar-refractivity contribution in [3.8, 4) is 5.75 Å². The van der Waals surface area contributed by atoms with E-state index >= 15 is 0 Å². The molecule has 0 unspecified atom stereocenters. The minimum absolute atomic E-state index is 0.0751. The highest BCUT2D eigenvalue weighted by Gasteiger charge is 2.40. The molecular weight excluding hydrogens is 432 g/mol. The number of nitrogens with one attached hydrogen (secondary N) is 1. The lowest BCUT2D eigenvalue weighted by molar-refractivity contribution is -0.127. The number of para-hydroxylation sites is 1. The third kappa shape index (κ3) is 4.38. The van der Waals surface area contributed by atoms with Crippen molar-refractivity contribution < 1.29 is 17.9 Å². The maximum atomic E-state index is 13.3. The standard InChI is InChI=1S/C23H30N2O4S2/c1-3-23(4-2)15-19(18-10-5-6-11-20(18)29-23)24-22(26)17-9-7-13-25(16-17)31(27,28)21-12-8-14-30-21/h5-6,8,10-12,14,17,19H,3-4,7,9,13,15-16H2,1-2H3,(H,24,26)/t17-,19+/m1/s1. The van der Waals surface area contributed by atoms with E-state index in [1.54, 1.807) is 17.5 Å². The lowest BCUT2D eigenvalue weighted by Crippen LogP contribution is -2.48. The van der Waals surface area contributed by atoms with Crippen LogP contribution in [0, 0.1) is 5.92 Å². The molecule has 1 N–H and O–H groups in total. The molecule has 4 rings (SSSR count). The number of fused-ring (bicyclic) bond motifs is 1. The van der Waals surface area contributed by atoms with Crippen LogP contribution in [0.1, 0.15) is 57.6 Å². The zero-order valence-electron chi connectivity index (χ0n) is 18.0. The zero-order chi connectivity index (χ0) is 22.1. The number of hydrogen-bond donors (Lipinski definition) is 1. The number of piperidine rings is 1. The number of carbonyl (C=O) groups is 1. The largest absolute Gasteiger partial charge is 0.487 e. The molecule has 0 aliphatic carbocycles. The second-order valence-electron chi connectivity index (χ2n) is 8.43. The summed E-state index contributed by atoms with van der Waals surface area (Å²) in [5.41, 5.74) is 0.695. The second kappa shape index (κ2) is 8.92. The Bertz CT molecular complexity index is 1020. The second-order valence-corrected chi connectivity index (χ2v) is 11.5. The van der Waals surface area contributed by atoms with Crippen molar-refractivity contribution in [1.29, 1.82) is 0 Å². The number of carbonyl (C=O) groups excluding carboxylic acids is 1. The summed E-state index contributed by atoms with van der Waals surface area (Å²) in [5.74, 6) is 0.401. The van der Waals surface area contributed by atoms with Crippen LogP contribution < -0.4 is 10.1 Å². The molecular formula is C23H30N2O4S2. The van der Waals surface area contributed by atoms with Crippen LogP contribution in [0.3, 0.4) is 0 Å². The predicted octanol–water partition coefficient (Wildman–Crippen LogP) is 4.35. The van der Waals surface area contributed by atoms with Crippen LogP contribution in [-0.4, -0.2) is 37.3 Å². The first-order chi connectivity index (χ1) is 14.9. The average Bonchev–Trinajstić information content (AvgIpc) is 3.35. The maximum absolute atomic E-state index is 13.3. The van der Waals surface area contributed by atoms with E-state index in [1.165, 1.54) is 15.6 Å². The molecule has 2 atom stereocenters. The van der Waals surface area contributed by atoms with Gasteiger partial charge in [0.2, 0.25) is 5.91 Å². The molecule has 1 aromatic heterocycles. The number of hydrogen-bond acceptors (Lipinski definition) is 5. The van der Waals surface area contributed by atoms with Crippen LogP contribution in [0.2, 0.25) is 0 Å². The van der Waals surface area contributed by atoms with Gasteiger partial charge in [-0.25, -0.2) is 8.42 Å². The van der Waals surface area contributed by atoms with Gasteiger partial charge in [-0.2, -0.15) is 4.31 Å². The summed E-state index contributed by atoms with van der Waals surface area (Å²) in [6, 6.07) is 11.1. The van der Waals surface area contributed by atoms with Crippen LogP contribution in [-0.2, 0) is 14.8 Å². The Balaban J connectivity index is 1.51. The topological polar surface area (TPSA) is 75.7 Å². The highest BCUT2D eigenvalue weighted by molar-refractivity contribution is 7.91. The summed E-state index contributed by atoms with van der Waals surface area (Å²) in [6.07, 6.45) is 3.81. The summed E-state index contributed by atoms with van der Waals surface area (Å²) < 4.78 is 34.0. The Morgan fingerprint density at radius 3 is 2.71 bits per heavy atom. The van der Waals surface area contributed by atoms with E-state index in [0.29, 0.717) is 30.0 Å². The molecule has 168 valence electrons. The molecule has 2 aliphatic heterocycles. The van der Waals surface area contributed by atoms with Crippen LogP contribution in [0.4, 0.5) is 0 Å². The van der Waals surface area contributed by atoms with Crippen LogP contribution in [0.25, 0.3) is 0 Å². The van der Waals surface area contributed by atoms with Gasteiger partial charge in [0, 0.05) is 25.1 Å². The van der Waals surface area contributed by atoms with Gasteiger partial charge in [-0.15, -0.1) is 11.3 Å². The molecule has 6 nitrogen and oxygen atoms in total. The van der Waals surface area contributed by atoms with Crippen molar-refractivity contribution in [2.75, 3.05) is 13.1 Å². The Morgan fingerprint density at radius 1 is 1.23 bits per heavy atom. The summed E-state index contributed by atoms with van der Waals surface area (Å²) in [6.45, 7) is 4.91. The van der Waals surface area contributed by atoms with Gasteiger partial charge in [-0.05, 0) is 43.2 Å². The first kappa shape index (κ1) is 22.3. The third-order valence-electron chi connectivity index (χ3n) is 6.65. The van der Waals surface area contributed by atoms with Gasteiger partial charge >= 0.3 is 0 Å². The third-order valence-corrected chi connectivity index (χ3v) is 9.88. The van der Waals surface area contributed by atoms with E-state index in [9.17, 15) is 13.2 Å². The highest BCUT2D eigenvalue weighted by atomic mass is 32.2.